The smallest absolute Gasteiger partial charge is 0.278 e. The van der Waals surface area contributed by atoms with Gasteiger partial charge in [-0.25, -0.2) is 0 Å². The lowest BCUT2D eigenvalue weighted by molar-refractivity contribution is -0.916. The summed E-state index contributed by atoms with van der Waals surface area (Å²) < 4.78 is 0.826. The first-order chi connectivity index (χ1) is 15.1. The Morgan fingerprint density at radius 3 is 2.13 bits per heavy atom. The van der Waals surface area contributed by atoms with Gasteiger partial charge in [-0.2, -0.15) is 0 Å². The lowest BCUT2D eigenvalue weighted by Crippen LogP contribution is -2.52. The van der Waals surface area contributed by atoms with Crippen LogP contribution in [0.2, 0.25) is 0 Å². The van der Waals surface area contributed by atoms with E-state index in [9.17, 15) is 9.59 Å². The Hall–Kier alpha value is -2.66. The molecule has 31 heavy (non-hydrogen) atoms. The fourth-order valence-corrected chi connectivity index (χ4v) is 4.60. The zero-order valence-electron chi connectivity index (χ0n) is 18.9. The second kappa shape index (κ2) is 11.1. The van der Waals surface area contributed by atoms with Crippen LogP contribution in [-0.2, 0) is 9.59 Å². The van der Waals surface area contributed by atoms with Crippen molar-refractivity contribution in [3.63, 3.8) is 0 Å². The molecule has 0 spiro atoms. The second-order valence-corrected chi connectivity index (χ2v) is 8.54. The van der Waals surface area contributed by atoms with Crippen molar-refractivity contribution in [2.24, 2.45) is 0 Å². The monoisotopic (exact) mass is 422 g/mol. The van der Waals surface area contributed by atoms with Crippen molar-refractivity contribution in [3.05, 3.63) is 71.8 Å². The molecule has 1 heterocycles. The van der Waals surface area contributed by atoms with E-state index in [1.54, 1.807) is 4.90 Å². The van der Waals surface area contributed by atoms with Crippen LogP contribution in [0.1, 0.15) is 43.7 Å². The van der Waals surface area contributed by atoms with E-state index in [4.69, 9.17) is 0 Å². The van der Waals surface area contributed by atoms with E-state index in [0.717, 1.165) is 37.0 Å². The number of rotatable bonds is 9. The van der Waals surface area contributed by atoms with E-state index in [1.165, 1.54) is 11.1 Å². The highest BCUT2D eigenvalue weighted by Crippen LogP contribution is 2.27. The van der Waals surface area contributed by atoms with Crippen molar-refractivity contribution < 1.29 is 14.1 Å². The molecule has 0 aliphatic carbocycles. The Labute approximate surface area is 186 Å². The number of carbonyl (C=O) groups excluding carboxylic acids is 2. The molecule has 5 nitrogen and oxygen atoms in total. The zero-order chi connectivity index (χ0) is 22.1. The molecule has 2 aromatic carbocycles. The van der Waals surface area contributed by atoms with Crippen LogP contribution in [0.25, 0.3) is 0 Å². The van der Waals surface area contributed by atoms with E-state index in [0.29, 0.717) is 19.6 Å². The number of amides is 2. The maximum absolute atomic E-state index is 12.8. The molecule has 0 unspecified atom stereocenters. The summed E-state index contributed by atoms with van der Waals surface area (Å²) in [6.45, 7) is 9.14. The maximum Gasteiger partial charge on any atom is 0.278 e. The summed E-state index contributed by atoms with van der Waals surface area (Å²) in [4.78, 5) is 27.1. The highest BCUT2D eigenvalue weighted by atomic mass is 16.2. The molecular formula is C26H36N3O2+. The molecular weight excluding hydrogens is 386 g/mol. The molecule has 0 saturated carbocycles. The lowest BCUT2D eigenvalue weighted by atomic mass is 9.88. The molecule has 0 bridgehead atoms. The first-order valence-corrected chi connectivity index (χ1v) is 11.6. The van der Waals surface area contributed by atoms with E-state index in [1.807, 2.05) is 12.1 Å². The number of carbonyl (C=O) groups is 2. The van der Waals surface area contributed by atoms with Crippen LogP contribution in [0.5, 0.6) is 0 Å². The van der Waals surface area contributed by atoms with Gasteiger partial charge in [0, 0.05) is 25.4 Å². The summed E-state index contributed by atoms with van der Waals surface area (Å²) in [5, 5.41) is 3.05. The average Bonchev–Trinajstić information content (AvgIpc) is 2.97. The van der Waals surface area contributed by atoms with Crippen molar-refractivity contribution >= 4 is 11.8 Å². The maximum atomic E-state index is 12.8. The van der Waals surface area contributed by atoms with Gasteiger partial charge in [-0.05, 0) is 31.4 Å². The molecule has 1 aliphatic rings. The van der Waals surface area contributed by atoms with Crippen molar-refractivity contribution in [2.45, 2.75) is 32.6 Å². The van der Waals surface area contributed by atoms with Crippen molar-refractivity contribution in [3.8, 4) is 0 Å². The van der Waals surface area contributed by atoms with Crippen LogP contribution in [0, 0.1) is 0 Å². The predicted molar refractivity (Wildman–Crippen MR) is 125 cm³/mol. The summed E-state index contributed by atoms with van der Waals surface area (Å²) >= 11 is 0. The molecule has 3 rings (SSSR count). The van der Waals surface area contributed by atoms with Gasteiger partial charge in [0.2, 0.25) is 5.91 Å². The standard InChI is InChI=1S/C26H35N3O2/c1-3-29(4-2)19-11-18-28(26(31)21-29)20-25(30)27-17-16-24(22-12-7-5-8-13-22)23-14-9-6-10-15-23/h5-10,12-15,24H,3-4,11,16-21H2,1-2H3/p+1. The first kappa shape index (κ1) is 23.0. The largest absolute Gasteiger partial charge is 0.355 e. The van der Waals surface area contributed by atoms with E-state index in [2.05, 4.69) is 67.7 Å². The third-order valence-electron chi connectivity index (χ3n) is 6.72. The van der Waals surface area contributed by atoms with Crippen molar-refractivity contribution in [1.29, 1.82) is 0 Å². The Morgan fingerprint density at radius 1 is 1.00 bits per heavy atom. The van der Waals surface area contributed by atoms with Gasteiger partial charge in [-0.3, -0.25) is 9.59 Å². The third-order valence-corrected chi connectivity index (χ3v) is 6.72. The number of hydrogen-bond donors (Lipinski definition) is 1. The quantitative estimate of drug-likeness (QED) is 0.630. The van der Waals surface area contributed by atoms with Gasteiger partial charge in [-0.15, -0.1) is 0 Å². The number of nitrogens with zero attached hydrogens (tertiary/aromatic N) is 2. The molecule has 166 valence electrons. The molecule has 1 fully saturated rings. The summed E-state index contributed by atoms with van der Waals surface area (Å²) in [5.41, 5.74) is 2.50. The fraction of sp³-hybridized carbons (Fsp3) is 0.462. The normalized spacial score (nSPS) is 16.2. The summed E-state index contributed by atoms with van der Waals surface area (Å²) in [7, 11) is 0. The molecule has 0 atom stereocenters. The highest BCUT2D eigenvalue weighted by molar-refractivity contribution is 5.85. The van der Waals surface area contributed by atoms with Gasteiger partial charge in [0.15, 0.2) is 6.54 Å². The SMILES string of the molecule is CC[N+]1(CC)CCCN(CC(=O)NCCC(c2ccccc2)c2ccccc2)C(=O)C1. The number of likely N-dealkylation sites (N-methyl/N-ethyl adjacent to an activating group) is 1. The molecule has 2 aromatic rings. The molecule has 1 N–H and O–H groups in total. The van der Waals surface area contributed by atoms with E-state index < -0.39 is 0 Å². The van der Waals surface area contributed by atoms with Crippen LogP contribution in [0.3, 0.4) is 0 Å². The number of quaternary nitrogens is 1. The Bertz CT molecular complexity index is 795. The van der Waals surface area contributed by atoms with Gasteiger partial charge in [0.1, 0.15) is 0 Å². The predicted octanol–water partition coefficient (Wildman–Crippen LogP) is 3.41. The Kier molecular flexibility index (Phi) is 8.24. The molecule has 1 aliphatic heterocycles. The third kappa shape index (κ3) is 6.17. The van der Waals surface area contributed by atoms with Gasteiger partial charge in [0.05, 0.1) is 26.2 Å². The minimum atomic E-state index is -0.0683. The topological polar surface area (TPSA) is 49.4 Å². The zero-order valence-corrected chi connectivity index (χ0v) is 18.9. The van der Waals surface area contributed by atoms with Crippen LogP contribution < -0.4 is 5.32 Å². The minimum absolute atomic E-state index is 0.0683. The van der Waals surface area contributed by atoms with Crippen LogP contribution in [0.15, 0.2) is 60.7 Å². The van der Waals surface area contributed by atoms with E-state index >= 15 is 0 Å². The summed E-state index contributed by atoms with van der Waals surface area (Å²) in [5.74, 6) is 0.263. The van der Waals surface area contributed by atoms with E-state index in [-0.39, 0.29) is 24.3 Å². The number of hydrogen-bond acceptors (Lipinski definition) is 2. The van der Waals surface area contributed by atoms with Crippen LogP contribution in [-0.4, -0.2) is 67.0 Å². The molecule has 2 amide bonds. The fourth-order valence-electron chi connectivity index (χ4n) is 4.60. The second-order valence-electron chi connectivity index (χ2n) is 8.54. The molecule has 0 aromatic heterocycles. The highest BCUT2D eigenvalue weighted by Gasteiger charge is 2.33. The van der Waals surface area contributed by atoms with Crippen molar-refractivity contribution in [2.75, 3.05) is 45.8 Å². The molecule has 0 radical (unpaired) electrons. The number of nitrogens with one attached hydrogen (secondary N) is 1. The van der Waals surface area contributed by atoms with Crippen molar-refractivity contribution in [1.82, 2.24) is 10.2 Å². The summed E-state index contributed by atoms with van der Waals surface area (Å²) in [6, 6.07) is 20.8. The minimum Gasteiger partial charge on any atom is -0.355 e. The lowest BCUT2D eigenvalue weighted by Gasteiger charge is -2.34. The van der Waals surface area contributed by atoms with Gasteiger partial charge in [0.25, 0.3) is 5.91 Å². The van der Waals surface area contributed by atoms with Crippen LogP contribution >= 0.6 is 0 Å². The summed E-state index contributed by atoms with van der Waals surface area (Å²) in [6.07, 6.45) is 1.77. The molecule has 5 heteroatoms. The first-order valence-electron chi connectivity index (χ1n) is 11.6. The average molecular weight is 423 g/mol. The van der Waals surface area contributed by atoms with Gasteiger partial charge < -0.3 is 14.7 Å². The Morgan fingerprint density at radius 2 is 1.58 bits per heavy atom. The van der Waals surface area contributed by atoms with Gasteiger partial charge >= 0.3 is 0 Å². The Balaban J connectivity index is 1.55. The van der Waals surface area contributed by atoms with Crippen LogP contribution in [0.4, 0.5) is 0 Å². The van der Waals surface area contributed by atoms with Gasteiger partial charge in [-0.1, -0.05) is 60.7 Å². The molecule has 1 saturated heterocycles. The number of benzene rings is 2.